The molecule has 94 valence electrons. The minimum Gasteiger partial charge on any atom is -0.618 e. The number of nitrogens with zero attached hydrogens (tertiary/aromatic N) is 1. The maximum absolute atomic E-state index is 12.1. The molecule has 0 atom stereocenters. The molecule has 0 amide bonds. The fraction of sp³-hybridized carbons (Fsp3) is 0.200. The number of aryl methyl sites for hydroxylation is 1. The fourth-order valence-electron chi connectivity index (χ4n) is 3.14. The molecule has 1 aromatic carbocycles. The van der Waals surface area contributed by atoms with Crippen molar-refractivity contribution in [1.82, 2.24) is 4.98 Å². The molecule has 0 fully saturated rings. The summed E-state index contributed by atoms with van der Waals surface area (Å²) in [5.41, 5.74) is 3.17. The van der Waals surface area contributed by atoms with Gasteiger partial charge in [0.25, 0.3) is 5.56 Å². The molecule has 1 aliphatic rings. The second kappa shape index (κ2) is 3.57. The summed E-state index contributed by atoms with van der Waals surface area (Å²) in [6.45, 7) is 0. The lowest BCUT2D eigenvalue weighted by Crippen LogP contribution is -2.27. The van der Waals surface area contributed by atoms with Gasteiger partial charge in [0.15, 0.2) is 6.20 Å². The lowest BCUT2D eigenvalue weighted by Gasteiger charge is -2.08. The molecule has 4 nitrogen and oxygen atoms in total. The number of pyridine rings is 2. The highest BCUT2D eigenvalue weighted by atomic mass is 16.5. The largest absolute Gasteiger partial charge is 0.618 e. The molecule has 2 heterocycles. The van der Waals surface area contributed by atoms with Gasteiger partial charge in [-0.2, -0.15) is 4.73 Å². The Labute approximate surface area is 108 Å². The lowest BCUT2D eigenvalue weighted by molar-refractivity contribution is -0.576. The van der Waals surface area contributed by atoms with Gasteiger partial charge in [-0.15, -0.1) is 0 Å². The van der Waals surface area contributed by atoms with Crippen molar-refractivity contribution in [1.29, 1.82) is 0 Å². The second-order valence-corrected chi connectivity index (χ2v) is 5.02. The summed E-state index contributed by atoms with van der Waals surface area (Å²) in [6.07, 6.45) is 4.24. The number of nitrogens with one attached hydrogen (secondary N) is 1. The predicted octanol–water partition coefficient (Wildman–Crippen LogP) is 1.80. The van der Waals surface area contributed by atoms with Crippen LogP contribution in [0.15, 0.2) is 35.3 Å². The summed E-state index contributed by atoms with van der Waals surface area (Å²) >= 11 is 0. The van der Waals surface area contributed by atoms with Crippen LogP contribution in [0, 0.1) is 5.21 Å². The van der Waals surface area contributed by atoms with Gasteiger partial charge >= 0.3 is 0 Å². The van der Waals surface area contributed by atoms with E-state index >= 15 is 0 Å². The quantitative estimate of drug-likeness (QED) is 0.377. The van der Waals surface area contributed by atoms with Crippen molar-refractivity contribution in [3.05, 3.63) is 57.2 Å². The molecule has 0 bridgehead atoms. The molecule has 2 aromatic heterocycles. The van der Waals surface area contributed by atoms with Crippen molar-refractivity contribution in [3.8, 4) is 0 Å². The first kappa shape index (κ1) is 10.6. The molecule has 3 aromatic rings. The van der Waals surface area contributed by atoms with Gasteiger partial charge in [-0.3, -0.25) is 4.79 Å². The monoisotopic (exact) mass is 252 g/mol. The van der Waals surface area contributed by atoms with Crippen LogP contribution in [0.25, 0.3) is 21.8 Å². The van der Waals surface area contributed by atoms with Gasteiger partial charge in [0.2, 0.25) is 5.52 Å². The molecule has 0 radical (unpaired) electrons. The van der Waals surface area contributed by atoms with Gasteiger partial charge < -0.3 is 10.2 Å². The molecule has 0 aliphatic heterocycles. The number of fused-ring (bicyclic) bond motifs is 5. The number of aromatic amines is 1. The van der Waals surface area contributed by atoms with Crippen molar-refractivity contribution in [3.63, 3.8) is 0 Å². The van der Waals surface area contributed by atoms with E-state index in [2.05, 4.69) is 4.98 Å². The third-order valence-corrected chi connectivity index (χ3v) is 3.98. The van der Waals surface area contributed by atoms with Crippen molar-refractivity contribution in [2.75, 3.05) is 0 Å². The summed E-state index contributed by atoms with van der Waals surface area (Å²) in [6, 6.07) is 7.56. The summed E-state index contributed by atoms with van der Waals surface area (Å²) in [5, 5.41) is 13.9. The highest BCUT2D eigenvalue weighted by Crippen LogP contribution is 2.29. The maximum Gasteiger partial charge on any atom is 0.252 e. The van der Waals surface area contributed by atoms with Crippen molar-refractivity contribution in [2.24, 2.45) is 0 Å². The second-order valence-electron chi connectivity index (χ2n) is 5.02. The van der Waals surface area contributed by atoms with E-state index in [1.807, 2.05) is 18.2 Å². The average Bonchev–Trinajstić information content (AvgIpc) is 2.88. The Morgan fingerprint density at radius 1 is 1.16 bits per heavy atom. The van der Waals surface area contributed by atoms with Crippen LogP contribution in [0.3, 0.4) is 0 Å². The highest BCUT2D eigenvalue weighted by Gasteiger charge is 2.20. The van der Waals surface area contributed by atoms with Gasteiger partial charge in [-0.1, -0.05) is 6.07 Å². The van der Waals surface area contributed by atoms with Crippen LogP contribution in [0.5, 0.6) is 0 Å². The van der Waals surface area contributed by atoms with Crippen LogP contribution in [-0.2, 0) is 12.8 Å². The molecular formula is C15H12N2O2. The first-order chi connectivity index (χ1) is 9.25. The van der Waals surface area contributed by atoms with Crippen LogP contribution >= 0.6 is 0 Å². The van der Waals surface area contributed by atoms with Gasteiger partial charge in [0, 0.05) is 22.4 Å². The van der Waals surface area contributed by atoms with Crippen LogP contribution in [0.1, 0.15) is 17.5 Å². The molecular weight excluding hydrogens is 240 g/mol. The Morgan fingerprint density at radius 2 is 2.00 bits per heavy atom. The van der Waals surface area contributed by atoms with E-state index in [4.69, 9.17) is 0 Å². The molecule has 0 spiro atoms. The molecule has 4 rings (SSSR count). The Kier molecular flexibility index (Phi) is 1.98. The Hall–Kier alpha value is -2.36. The molecule has 4 heteroatoms. The van der Waals surface area contributed by atoms with E-state index < -0.39 is 0 Å². The van der Waals surface area contributed by atoms with Crippen molar-refractivity contribution >= 4 is 21.8 Å². The number of H-pyrrole nitrogens is 1. The van der Waals surface area contributed by atoms with E-state index in [1.165, 1.54) is 6.20 Å². The average molecular weight is 252 g/mol. The van der Waals surface area contributed by atoms with E-state index in [0.29, 0.717) is 11.0 Å². The van der Waals surface area contributed by atoms with E-state index in [-0.39, 0.29) is 5.56 Å². The zero-order valence-electron chi connectivity index (χ0n) is 10.3. The lowest BCUT2D eigenvalue weighted by atomic mass is 10.0. The molecule has 1 N–H and O–H groups in total. The normalized spacial score (nSPS) is 14.1. The molecule has 0 unspecified atom stereocenters. The van der Waals surface area contributed by atoms with Crippen LogP contribution in [0.4, 0.5) is 0 Å². The van der Waals surface area contributed by atoms with Gasteiger partial charge in [-0.05, 0) is 37.0 Å². The zero-order valence-corrected chi connectivity index (χ0v) is 10.3. The minimum atomic E-state index is -0.0450. The SMILES string of the molecule is O=c1[nH]c2c(ccc3ccc[n+]([O-])c32)c2c1CCC2. The topological polar surface area (TPSA) is 59.8 Å². The van der Waals surface area contributed by atoms with Gasteiger partial charge in [0.05, 0.1) is 0 Å². The summed E-state index contributed by atoms with van der Waals surface area (Å²) in [5.74, 6) is 0. The summed E-state index contributed by atoms with van der Waals surface area (Å²) in [4.78, 5) is 15.0. The third-order valence-electron chi connectivity index (χ3n) is 3.98. The smallest absolute Gasteiger partial charge is 0.252 e. The van der Waals surface area contributed by atoms with Gasteiger partial charge in [0.1, 0.15) is 5.52 Å². The number of rotatable bonds is 0. The Morgan fingerprint density at radius 3 is 2.89 bits per heavy atom. The van der Waals surface area contributed by atoms with Gasteiger partial charge in [-0.25, -0.2) is 0 Å². The first-order valence-electron chi connectivity index (χ1n) is 6.44. The number of hydrogen-bond donors (Lipinski definition) is 1. The summed E-state index contributed by atoms with van der Waals surface area (Å²) < 4.78 is 0.828. The molecule has 0 saturated carbocycles. The first-order valence-corrected chi connectivity index (χ1v) is 6.44. The van der Waals surface area contributed by atoms with Crippen molar-refractivity contribution in [2.45, 2.75) is 19.3 Å². The summed E-state index contributed by atoms with van der Waals surface area (Å²) in [7, 11) is 0. The maximum atomic E-state index is 12.1. The number of aromatic nitrogens is 2. The Balaban J connectivity index is 2.30. The molecule has 0 saturated heterocycles. The standard InChI is InChI=1S/C15H12N2O2/c18-15-12-5-1-4-10(12)11-7-6-9-3-2-8-17(19)14(9)13(11)16-15/h2-3,6-8H,1,4-5H2,(H,16,18). The molecule has 1 aliphatic carbocycles. The van der Waals surface area contributed by atoms with Crippen LogP contribution in [0.2, 0.25) is 0 Å². The third kappa shape index (κ3) is 1.34. The predicted molar refractivity (Wildman–Crippen MR) is 73.1 cm³/mol. The number of benzene rings is 1. The fourth-order valence-corrected chi connectivity index (χ4v) is 3.14. The Bertz CT molecular complexity index is 881. The highest BCUT2D eigenvalue weighted by molar-refractivity contribution is 6.02. The van der Waals surface area contributed by atoms with E-state index in [0.717, 1.165) is 45.9 Å². The number of hydrogen-bond acceptors (Lipinski definition) is 2. The molecule has 19 heavy (non-hydrogen) atoms. The van der Waals surface area contributed by atoms with E-state index in [1.54, 1.807) is 6.07 Å². The van der Waals surface area contributed by atoms with Crippen LogP contribution < -0.4 is 10.3 Å². The van der Waals surface area contributed by atoms with E-state index in [9.17, 15) is 10.0 Å². The minimum absolute atomic E-state index is 0.0450. The zero-order chi connectivity index (χ0) is 13.0. The van der Waals surface area contributed by atoms with Crippen molar-refractivity contribution < 1.29 is 4.73 Å². The van der Waals surface area contributed by atoms with Crippen LogP contribution in [-0.4, -0.2) is 4.98 Å².